The number of piperazine rings is 2. The number of benzene rings is 2. The summed E-state index contributed by atoms with van der Waals surface area (Å²) in [7, 11) is 2.06. The highest BCUT2D eigenvalue weighted by Gasteiger charge is 2.25. The fourth-order valence-electron chi connectivity index (χ4n) is 4.25. The van der Waals surface area contributed by atoms with Crippen molar-refractivity contribution in [1.29, 1.82) is 0 Å². The lowest BCUT2D eigenvalue weighted by Gasteiger charge is -2.38. The van der Waals surface area contributed by atoms with E-state index in [-0.39, 0.29) is 22.2 Å². The molecule has 0 radical (unpaired) electrons. The van der Waals surface area contributed by atoms with Gasteiger partial charge in [0.1, 0.15) is 11.3 Å². The van der Waals surface area contributed by atoms with Crippen LogP contribution in [0.1, 0.15) is 5.56 Å². The van der Waals surface area contributed by atoms with Crippen LogP contribution in [0.2, 0.25) is 0 Å². The largest absolute Gasteiger partial charge is 0.415 e. The van der Waals surface area contributed by atoms with Gasteiger partial charge in [-0.05, 0) is 43.3 Å². The van der Waals surface area contributed by atoms with Crippen LogP contribution < -0.4 is 9.64 Å². The molecular formula is C24H30ClN5O4. The molecule has 1 atom stereocenters. The minimum absolute atomic E-state index is 0.0798. The lowest BCUT2D eigenvalue weighted by molar-refractivity contribution is -0.384. The molecule has 2 aliphatic rings. The highest BCUT2D eigenvalue weighted by molar-refractivity contribution is 6.22. The monoisotopic (exact) mass is 487 g/mol. The number of hydrogen-bond acceptors (Lipinski definition) is 7. The number of nitro benzene ring substituents is 1. The Morgan fingerprint density at radius 2 is 1.71 bits per heavy atom. The van der Waals surface area contributed by atoms with Crippen LogP contribution >= 0.6 is 11.6 Å². The van der Waals surface area contributed by atoms with Crippen molar-refractivity contribution in [3.8, 4) is 5.75 Å². The number of likely N-dealkylation sites (N-methyl/N-ethyl adjacent to an activating group) is 1. The van der Waals surface area contributed by atoms with Crippen LogP contribution in [-0.2, 0) is 6.42 Å². The fourth-order valence-corrected chi connectivity index (χ4v) is 4.70. The molecule has 2 aromatic carbocycles. The molecule has 10 heteroatoms. The van der Waals surface area contributed by atoms with Crippen molar-refractivity contribution in [2.75, 3.05) is 64.3 Å². The summed E-state index contributed by atoms with van der Waals surface area (Å²) < 4.78 is 5.59. The molecule has 4 rings (SSSR count). The highest BCUT2D eigenvalue weighted by Crippen LogP contribution is 2.25. The average Bonchev–Trinajstić information content (AvgIpc) is 2.84. The second-order valence-electron chi connectivity index (χ2n) is 8.75. The Labute approximate surface area is 204 Å². The minimum atomic E-state index is -0.390. The number of non-ortho nitro benzene ring substituents is 1. The first-order chi connectivity index (χ1) is 16.4. The second kappa shape index (κ2) is 11.0. The standard InChI is InChI=1S/C24H30ClN5O4/c1-26-12-17-29(23(25)18-26)20-6-8-22(9-7-20)34-24(31)28-15-13-27(14-16-28)11-10-19-2-4-21(5-3-19)30(32)33/h2-9,23H,10-18H2,1H3. The topological polar surface area (TPSA) is 82.4 Å². The minimum Gasteiger partial charge on any atom is -0.410 e. The summed E-state index contributed by atoms with van der Waals surface area (Å²) in [5, 5.41) is 10.8. The number of amides is 1. The molecule has 9 nitrogen and oxygen atoms in total. The number of carbonyl (C=O) groups excluding carboxylic acids is 1. The van der Waals surface area contributed by atoms with E-state index in [1.807, 2.05) is 24.3 Å². The molecule has 1 unspecified atom stereocenters. The van der Waals surface area contributed by atoms with Gasteiger partial charge < -0.3 is 19.4 Å². The lowest BCUT2D eigenvalue weighted by atomic mass is 10.1. The summed E-state index contributed by atoms with van der Waals surface area (Å²) in [5.41, 5.74) is 2.11. The van der Waals surface area contributed by atoms with Crippen molar-refractivity contribution in [1.82, 2.24) is 14.7 Å². The van der Waals surface area contributed by atoms with Gasteiger partial charge >= 0.3 is 6.09 Å². The summed E-state index contributed by atoms with van der Waals surface area (Å²) >= 11 is 6.49. The maximum absolute atomic E-state index is 12.6. The summed E-state index contributed by atoms with van der Waals surface area (Å²) in [5.74, 6) is 0.523. The van der Waals surface area contributed by atoms with Gasteiger partial charge in [-0.3, -0.25) is 15.0 Å². The number of alkyl halides is 1. The predicted molar refractivity (Wildman–Crippen MR) is 132 cm³/mol. The zero-order chi connectivity index (χ0) is 24.1. The van der Waals surface area contributed by atoms with E-state index in [0.717, 1.165) is 56.9 Å². The van der Waals surface area contributed by atoms with E-state index in [1.54, 1.807) is 17.0 Å². The molecule has 2 fully saturated rings. The molecule has 2 saturated heterocycles. The molecule has 0 bridgehead atoms. The Morgan fingerprint density at radius 3 is 2.32 bits per heavy atom. The molecule has 2 heterocycles. The van der Waals surface area contributed by atoms with Crippen LogP contribution in [0.25, 0.3) is 0 Å². The van der Waals surface area contributed by atoms with Gasteiger partial charge in [-0.25, -0.2) is 4.79 Å². The Kier molecular flexibility index (Phi) is 7.87. The van der Waals surface area contributed by atoms with Gasteiger partial charge in [0.25, 0.3) is 5.69 Å². The third-order valence-corrected chi connectivity index (χ3v) is 6.76. The SMILES string of the molecule is CN1CCN(c2ccc(OC(=O)N3CCN(CCc4ccc([N+](=O)[O-])cc4)CC3)cc2)C(Cl)C1. The fraction of sp³-hybridized carbons (Fsp3) is 0.458. The van der Waals surface area contributed by atoms with Gasteiger partial charge in [-0.2, -0.15) is 0 Å². The van der Waals surface area contributed by atoms with E-state index >= 15 is 0 Å². The number of hydrogen-bond donors (Lipinski definition) is 0. The lowest BCUT2D eigenvalue weighted by Crippen LogP contribution is -2.50. The highest BCUT2D eigenvalue weighted by atomic mass is 35.5. The second-order valence-corrected chi connectivity index (χ2v) is 9.26. The van der Waals surface area contributed by atoms with Gasteiger partial charge in [-0.1, -0.05) is 23.7 Å². The van der Waals surface area contributed by atoms with Crippen LogP contribution in [0.3, 0.4) is 0 Å². The van der Waals surface area contributed by atoms with Crippen molar-refractivity contribution < 1.29 is 14.5 Å². The van der Waals surface area contributed by atoms with E-state index in [9.17, 15) is 14.9 Å². The van der Waals surface area contributed by atoms with Crippen LogP contribution in [0.15, 0.2) is 48.5 Å². The zero-order valence-electron chi connectivity index (χ0n) is 19.3. The van der Waals surface area contributed by atoms with Crippen molar-refractivity contribution in [2.24, 2.45) is 0 Å². The molecule has 0 aromatic heterocycles. The molecular weight excluding hydrogens is 458 g/mol. The Bertz CT molecular complexity index is 980. The van der Waals surface area contributed by atoms with E-state index in [2.05, 4.69) is 21.7 Å². The van der Waals surface area contributed by atoms with Gasteiger partial charge in [0, 0.05) is 70.2 Å². The van der Waals surface area contributed by atoms with Crippen LogP contribution in [0.5, 0.6) is 5.75 Å². The van der Waals surface area contributed by atoms with Crippen molar-refractivity contribution in [3.05, 3.63) is 64.2 Å². The third kappa shape index (κ3) is 6.16. The maximum atomic E-state index is 12.6. The van der Waals surface area contributed by atoms with E-state index in [4.69, 9.17) is 16.3 Å². The van der Waals surface area contributed by atoms with Gasteiger partial charge in [0.15, 0.2) is 0 Å². The first-order valence-electron chi connectivity index (χ1n) is 11.5. The van der Waals surface area contributed by atoms with Crippen LogP contribution in [-0.4, -0.2) is 90.6 Å². The molecule has 2 aliphatic heterocycles. The smallest absolute Gasteiger partial charge is 0.410 e. The summed E-state index contributed by atoms with van der Waals surface area (Å²) in [6.07, 6.45) is 0.475. The van der Waals surface area contributed by atoms with Crippen molar-refractivity contribution >= 4 is 29.1 Å². The van der Waals surface area contributed by atoms with Gasteiger partial charge in [-0.15, -0.1) is 0 Å². The Morgan fingerprint density at radius 1 is 1.03 bits per heavy atom. The van der Waals surface area contributed by atoms with Gasteiger partial charge in [0.05, 0.1) is 4.92 Å². The van der Waals surface area contributed by atoms with Crippen molar-refractivity contribution in [2.45, 2.75) is 11.9 Å². The summed E-state index contributed by atoms with van der Waals surface area (Å²) in [4.78, 5) is 31.4. The Hall–Kier alpha value is -2.88. The first-order valence-corrected chi connectivity index (χ1v) is 11.9. The number of nitro groups is 1. The predicted octanol–water partition coefficient (Wildman–Crippen LogP) is 3.27. The van der Waals surface area contributed by atoms with E-state index in [0.29, 0.717) is 18.8 Å². The van der Waals surface area contributed by atoms with E-state index < -0.39 is 0 Å². The summed E-state index contributed by atoms with van der Waals surface area (Å²) in [6, 6.07) is 14.2. The molecule has 0 saturated carbocycles. The molecule has 1 amide bonds. The zero-order valence-corrected chi connectivity index (χ0v) is 20.1. The van der Waals surface area contributed by atoms with Gasteiger partial charge in [0.2, 0.25) is 0 Å². The number of halogens is 1. The number of carbonyl (C=O) groups is 1. The first kappa shape index (κ1) is 24.3. The number of anilines is 1. The van der Waals surface area contributed by atoms with E-state index in [1.165, 1.54) is 12.1 Å². The number of rotatable bonds is 6. The normalized spacial score (nSPS) is 19.8. The molecule has 182 valence electrons. The molecule has 2 aromatic rings. The number of nitrogens with zero attached hydrogens (tertiary/aromatic N) is 5. The quantitative estimate of drug-likeness (QED) is 0.267. The molecule has 0 N–H and O–H groups in total. The Balaban J connectivity index is 1.21. The maximum Gasteiger partial charge on any atom is 0.415 e. The average molecular weight is 488 g/mol. The number of ether oxygens (including phenoxy) is 1. The third-order valence-electron chi connectivity index (χ3n) is 6.39. The van der Waals surface area contributed by atoms with Crippen LogP contribution in [0, 0.1) is 10.1 Å². The molecule has 0 aliphatic carbocycles. The molecule has 0 spiro atoms. The molecule has 34 heavy (non-hydrogen) atoms. The summed E-state index contributed by atoms with van der Waals surface area (Å²) in [6.45, 7) is 6.20. The van der Waals surface area contributed by atoms with Crippen LogP contribution in [0.4, 0.5) is 16.2 Å². The van der Waals surface area contributed by atoms with Crippen molar-refractivity contribution in [3.63, 3.8) is 0 Å².